The van der Waals surface area contributed by atoms with Crippen molar-refractivity contribution in [2.24, 2.45) is 22.7 Å². The number of hydrogen-bond acceptors (Lipinski definition) is 2. The van der Waals surface area contributed by atoms with Gasteiger partial charge in [0.2, 0.25) is 0 Å². The predicted octanol–water partition coefficient (Wildman–Crippen LogP) is 5.49. The Morgan fingerprint density at radius 3 is 2.52 bits per heavy atom. The van der Waals surface area contributed by atoms with Gasteiger partial charge < -0.3 is 4.74 Å². The van der Waals surface area contributed by atoms with Crippen LogP contribution in [0.1, 0.15) is 71.5 Å². The molecule has 4 atom stereocenters. The fourth-order valence-corrected chi connectivity index (χ4v) is 7.25. The standard InChI is InChI=1S/C23H32O2.H2/c1-14-11-16(25-6)12-15-13-18-22(4)10-8-19(24)21(2,3)17(22)7-9-23(18,5)20(14)15;/h11-12,17-18H,7-10,13H2,1-6H3;1H/t17?,18-,22+,23-;/m1./s1. The summed E-state index contributed by atoms with van der Waals surface area (Å²) in [6, 6.07) is 4.47. The minimum absolute atomic E-state index is 0. The third-order valence-corrected chi connectivity index (χ3v) is 8.42. The van der Waals surface area contributed by atoms with Crippen molar-refractivity contribution < 1.29 is 11.0 Å². The first-order valence-electron chi connectivity index (χ1n) is 9.86. The van der Waals surface area contributed by atoms with Gasteiger partial charge in [-0.25, -0.2) is 0 Å². The van der Waals surface area contributed by atoms with E-state index in [9.17, 15) is 4.79 Å². The predicted molar refractivity (Wildman–Crippen MR) is 103 cm³/mol. The summed E-state index contributed by atoms with van der Waals surface area (Å²) in [7, 11) is 1.76. The van der Waals surface area contributed by atoms with Crippen LogP contribution in [0.15, 0.2) is 12.1 Å². The molecule has 2 nitrogen and oxygen atoms in total. The second-order valence-corrected chi connectivity index (χ2v) is 9.89. The molecule has 1 unspecified atom stereocenters. The lowest BCUT2D eigenvalue weighted by atomic mass is 9.43. The Balaban J connectivity index is 0.00000196. The lowest BCUT2D eigenvalue weighted by Gasteiger charge is -2.60. The van der Waals surface area contributed by atoms with E-state index in [1.807, 2.05) is 0 Å². The SMILES string of the molecule is COc1cc(C)c2c(c1)C[C@H]1[C@@]2(C)CCC2C(C)(C)C(=O)CC[C@@]21C.[HH]. The second kappa shape index (κ2) is 5.11. The summed E-state index contributed by atoms with van der Waals surface area (Å²) in [5, 5.41) is 0. The minimum Gasteiger partial charge on any atom is -0.497 e. The summed E-state index contributed by atoms with van der Waals surface area (Å²) in [6.45, 7) is 11.6. The van der Waals surface area contributed by atoms with E-state index < -0.39 is 0 Å². The van der Waals surface area contributed by atoms with Gasteiger partial charge >= 0.3 is 0 Å². The summed E-state index contributed by atoms with van der Waals surface area (Å²) >= 11 is 0. The number of hydrogen-bond donors (Lipinski definition) is 0. The molecule has 0 N–H and O–H groups in total. The van der Waals surface area contributed by atoms with Crippen molar-refractivity contribution in [1.29, 1.82) is 0 Å². The molecule has 138 valence electrons. The Kier molecular flexibility index (Phi) is 3.50. The van der Waals surface area contributed by atoms with Crippen LogP contribution in [-0.2, 0) is 16.6 Å². The smallest absolute Gasteiger partial charge is 0.138 e. The molecule has 3 aliphatic carbocycles. The van der Waals surface area contributed by atoms with Crippen molar-refractivity contribution in [2.45, 2.75) is 72.1 Å². The van der Waals surface area contributed by atoms with Crippen molar-refractivity contribution in [2.75, 3.05) is 7.11 Å². The first kappa shape index (κ1) is 17.1. The Bertz CT molecular complexity index is 753. The van der Waals surface area contributed by atoms with Crippen LogP contribution in [0.5, 0.6) is 5.75 Å². The average molecular weight is 343 g/mol. The van der Waals surface area contributed by atoms with Gasteiger partial charge in [-0.1, -0.05) is 27.7 Å². The normalized spacial score (nSPS) is 38.7. The monoisotopic (exact) mass is 342 g/mol. The number of fused-ring (bicyclic) bond motifs is 5. The van der Waals surface area contributed by atoms with E-state index in [4.69, 9.17) is 4.74 Å². The van der Waals surface area contributed by atoms with Crippen LogP contribution in [-0.4, -0.2) is 12.9 Å². The number of carbonyl (C=O) groups excluding carboxylic acids is 1. The van der Waals surface area contributed by atoms with Crippen molar-refractivity contribution in [1.82, 2.24) is 0 Å². The van der Waals surface area contributed by atoms with Crippen molar-refractivity contribution >= 4 is 5.78 Å². The maximum Gasteiger partial charge on any atom is 0.138 e. The van der Waals surface area contributed by atoms with Gasteiger partial charge in [-0.3, -0.25) is 4.79 Å². The van der Waals surface area contributed by atoms with Crippen molar-refractivity contribution in [3.63, 3.8) is 0 Å². The molecule has 0 saturated heterocycles. The third-order valence-electron chi connectivity index (χ3n) is 8.42. The molecule has 0 heterocycles. The zero-order valence-corrected chi connectivity index (χ0v) is 16.7. The lowest BCUT2D eigenvalue weighted by Crippen LogP contribution is -2.57. The average Bonchev–Trinajstić information content (AvgIpc) is 2.86. The van der Waals surface area contributed by atoms with Gasteiger partial charge in [0.1, 0.15) is 11.5 Å². The highest BCUT2D eigenvalue weighted by Gasteiger charge is 2.62. The van der Waals surface area contributed by atoms with Crippen LogP contribution in [0.25, 0.3) is 0 Å². The van der Waals surface area contributed by atoms with E-state index in [0.717, 1.165) is 25.0 Å². The molecule has 0 radical (unpaired) electrons. The minimum atomic E-state index is -0.171. The molecule has 1 aromatic carbocycles. The maximum atomic E-state index is 12.6. The van der Waals surface area contributed by atoms with Crippen LogP contribution in [0.4, 0.5) is 0 Å². The molecule has 1 aromatic rings. The van der Waals surface area contributed by atoms with Gasteiger partial charge in [-0.2, -0.15) is 0 Å². The zero-order valence-electron chi connectivity index (χ0n) is 16.7. The second-order valence-electron chi connectivity index (χ2n) is 9.89. The molecule has 0 amide bonds. The Hall–Kier alpha value is -1.31. The van der Waals surface area contributed by atoms with Gasteiger partial charge in [0.05, 0.1) is 7.11 Å². The quantitative estimate of drug-likeness (QED) is 0.675. The molecule has 2 heteroatoms. The molecule has 3 aliphatic rings. The Morgan fingerprint density at radius 2 is 1.84 bits per heavy atom. The summed E-state index contributed by atoms with van der Waals surface area (Å²) in [5.74, 6) is 2.61. The molecule has 0 aliphatic heterocycles. The van der Waals surface area contributed by atoms with Crippen LogP contribution in [0.3, 0.4) is 0 Å². The first-order chi connectivity index (χ1) is 11.6. The molecular formula is C23H34O2. The van der Waals surface area contributed by atoms with Crippen molar-refractivity contribution in [3.05, 3.63) is 28.8 Å². The maximum absolute atomic E-state index is 12.6. The number of benzene rings is 1. The number of ketones is 1. The number of ether oxygens (including phenoxy) is 1. The van der Waals surface area contributed by atoms with E-state index in [1.54, 1.807) is 12.7 Å². The van der Waals surface area contributed by atoms with Gasteiger partial charge in [-0.05, 0) is 84.1 Å². The highest BCUT2D eigenvalue weighted by Crippen LogP contribution is 2.67. The molecule has 0 bridgehead atoms. The molecule has 25 heavy (non-hydrogen) atoms. The highest BCUT2D eigenvalue weighted by molar-refractivity contribution is 5.85. The zero-order chi connectivity index (χ0) is 18.2. The first-order valence-corrected chi connectivity index (χ1v) is 9.86. The summed E-state index contributed by atoms with van der Waals surface area (Å²) in [4.78, 5) is 12.6. The van der Waals surface area contributed by atoms with Gasteiger partial charge in [0.15, 0.2) is 0 Å². The third kappa shape index (κ3) is 2.06. The number of aryl methyl sites for hydroxylation is 1. The van der Waals surface area contributed by atoms with E-state index in [1.165, 1.54) is 24.0 Å². The Morgan fingerprint density at radius 1 is 1.12 bits per heavy atom. The van der Waals surface area contributed by atoms with Crippen LogP contribution < -0.4 is 4.74 Å². The Labute approximate surface area is 153 Å². The van der Waals surface area contributed by atoms with E-state index in [2.05, 4.69) is 46.8 Å². The summed E-state index contributed by atoms with van der Waals surface area (Å²) in [6.07, 6.45) is 5.33. The topological polar surface area (TPSA) is 26.3 Å². The van der Waals surface area contributed by atoms with Gasteiger partial charge in [0, 0.05) is 13.3 Å². The van der Waals surface area contributed by atoms with Gasteiger partial charge in [0.25, 0.3) is 0 Å². The highest BCUT2D eigenvalue weighted by atomic mass is 16.5. The van der Waals surface area contributed by atoms with Crippen LogP contribution >= 0.6 is 0 Å². The summed E-state index contributed by atoms with van der Waals surface area (Å²) < 4.78 is 5.54. The molecule has 4 rings (SSSR count). The number of carbonyl (C=O) groups is 1. The fraction of sp³-hybridized carbons (Fsp3) is 0.696. The van der Waals surface area contributed by atoms with E-state index in [-0.39, 0.29) is 17.7 Å². The number of rotatable bonds is 1. The van der Waals surface area contributed by atoms with Gasteiger partial charge in [-0.15, -0.1) is 0 Å². The van der Waals surface area contributed by atoms with Crippen LogP contribution in [0, 0.1) is 29.6 Å². The molecular weight excluding hydrogens is 308 g/mol. The number of Topliss-reactive ketones (excluding diaryl/α,β-unsaturated/α-hetero) is 1. The lowest BCUT2D eigenvalue weighted by molar-refractivity contribution is -0.151. The summed E-state index contributed by atoms with van der Waals surface area (Å²) in [5.41, 5.74) is 4.77. The van der Waals surface area contributed by atoms with E-state index in [0.29, 0.717) is 17.6 Å². The molecule has 0 spiro atoms. The molecule has 2 fully saturated rings. The van der Waals surface area contributed by atoms with E-state index >= 15 is 0 Å². The van der Waals surface area contributed by atoms with Crippen molar-refractivity contribution in [3.8, 4) is 5.75 Å². The largest absolute Gasteiger partial charge is 0.497 e. The molecule has 2 saturated carbocycles. The van der Waals surface area contributed by atoms with Crippen LogP contribution in [0.2, 0.25) is 0 Å². The number of methoxy groups -OCH3 is 1. The fourth-order valence-electron chi connectivity index (χ4n) is 7.25. The molecule has 0 aromatic heterocycles.